The third-order valence-corrected chi connectivity index (χ3v) is 5.00. The largest absolute Gasteiger partial charge is 0.345 e. The summed E-state index contributed by atoms with van der Waals surface area (Å²) in [6, 6.07) is 16.3. The van der Waals surface area contributed by atoms with Crippen molar-refractivity contribution < 1.29 is 9.18 Å². The lowest BCUT2D eigenvalue weighted by atomic mass is 10.2. The van der Waals surface area contributed by atoms with Crippen LogP contribution in [-0.2, 0) is 13.1 Å². The Morgan fingerprint density at radius 3 is 2.71 bits per heavy atom. The number of carbonyl (C=O) groups is 1. The van der Waals surface area contributed by atoms with Crippen molar-refractivity contribution in [2.24, 2.45) is 0 Å². The lowest BCUT2D eigenvalue weighted by molar-refractivity contribution is 0.0945. The Morgan fingerprint density at radius 2 is 1.89 bits per heavy atom. The van der Waals surface area contributed by atoms with Gasteiger partial charge in [-0.1, -0.05) is 53.7 Å². The topological polar surface area (TPSA) is 72.7 Å². The van der Waals surface area contributed by atoms with Gasteiger partial charge in [0.05, 0.1) is 25.0 Å². The number of nitrogens with zero attached hydrogens (tertiary/aromatic N) is 4. The van der Waals surface area contributed by atoms with Gasteiger partial charge in [-0.2, -0.15) is 0 Å². The number of benzene rings is 2. The molecule has 0 radical (unpaired) electrons. The number of amides is 1. The van der Waals surface area contributed by atoms with Crippen LogP contribution in [0.15, 0.2) is 66.2 Å². The summed E-state index contributed by atoms with van der Waals surface area (Å²) in [6.07, 6.45) is 1.50. The van der Waals surface area contributed by atoms with Gasteiger partial charge < -0.3 is 5.32 Å². The van der Waals surface area contributed by atoms with Crippen molar-refractivity contribution in [2.45, 2.75) is 13.1 Å². The molecule has 4 aromatic rings. The summed E-state index contributed by atoms with van der Waals surface area (Å²) in [5.74, 6) is -0.671. The quantitative estimate of drug-likeness (QED) is 0.544. The molecule has 0 unspecified atom stereocenters. The molecule has 0 aliphatic rings. The Morgan fingerprint density at radius 1 is 1.11 bits per heavy atom. The van der Waals surface area contributed by atoms with Crippen LogP contribution in [0, 0.1) is 5.82 Å². The zero-order chi connectivity index (χ0) is 19.3. The van der Waals surface area contributed by atoms with Crippen LogP contribution in [0.25, 0.3) is 10.6 Å². The minimum Gasteiger partial charge on any atom is -0.345 e. The fourth-order valence-electron chi connectivity index (χ4n) is 2.64. The Labute approximate surface area is 164 Å². The minimum atomic E-state index is -0.353. The van der Waals surface area contributed by atoms with Gasteiger partial charge in [0.1, 0.15) is 10.8 Å². The molecule has 1 N–H and O–H groups in total. The van der Waals surface area contributed by atoms with E-state index in [2.05, 4.69) is 20.6 Å². The van der Waals surface area contributed by atoms with Gasteiger partial charge in [-0.25, -0.2) is 14.1 Å². The molecule has 2 aromatic heterocycles. The van der Waals surface area contributed by atoms with Gasteiger partial charge in [-0.3, -0.25) is 4.79 Å². The molecule has 2 aromatic carbocycles. The number of nitrogens with one attached hydrogen (secondary N) is 1. The van der Waals surface area contributed by atoms with Gasteiger partial charge in [0.25, 0.3) is 5.91 Å². The summed E-state index contributed by atoms with van der Waals surface area (Å²) in [5.41, 5.74) is 2.47. The molecule has 28 heavy (non-hydrogen) atoms. The zero-order valence-electron chi connectivity index (χ0n) is 14.7. The van der Waals surface area contributed by atoms with Crippen molar-refractivity contribution in [3.8, 4) is 10.6 Å². The molecule has 0 bridgehead atoms. The van der Waals surface area contributed by atoms with E-state index in [0.29, 0.717) is 12.1 Å². The van der Waals surface area contributed by atoms with E-state index in [0.717, 1.165) is 16.3 Å². The van der Waals surface area contributed by atoms with Crippen LogP contribution in [0.5, 0.6) is 0 Å². The van der Waals surface area contributed by atoms with Crippen LogP contribution < -0.4 is 5.32 Å². The van der Waals surface area contributed by atoms with Crippen molar-refractivity contribution in [1.82, 2.24) is 25.3 Å². The summed E-state index contributed by atoms with van der Waals surface area (Å²) in [4.78, 5) is 16.8. The average molecular weight is 393 g/mol. The second-order valence-corrected chi connectivity index (χ2v) is 6.94. The number of rotatable bonds is 6. The van der Waals surface area contributed by atoms with Crippen molar-refractivity contribution >= 4 is 17.2 Å². The molecule has 6 nitrogen and oxygen atoms in total. The van der Waals surface area contributed by atoms with Gasteiger partial charge in [0.2, 0.25) is 0 Å². The normalized spacial score (nSPS) is 10.8. The highest BCUT2D eigenvalue weighted by molar-refractivity contribution is 7.13. The van der Waals surface area contributed by atoms with Crippen LogP contribution in [-0.4, -0.2) is 25.9 Å². The number of halogens is 1. The van der Waals surface area contributed by atoms with E-state index in [4.69, 9.17) is 0 Å². The molecule has 1 amide bonds. The first-order valence-corrected chi connectivity index (χ1v) is 9.48. The molecule has 4 rings (SSSR count). The Hall–Kier alpha value is -3.39. The van der Waals surface area contributed by atoms with Gasteiger partial charge >= 0.3 is 0 Å². The molecule has 0 aliphatic carbocycles. The van der Waals surface area contributed by atoms with E-state index in [9.17, 15) is 9.18 Å². The van der Waals surface area contributed by atoms with E-state index in [-0.39, 0.29) is 24.0 Å². The lowest BCUT2D eigenvalue weighted by Crippen LogP contribution is -2.23. The number of hydrogen-bond acceptors (Lipinski definition) is 5. The molecule has 0 atom stereocenters. The fraction of sp³-hybridized carbons (Fsp3) is 0.100. The molecule has 0 fully saturated rings. The van der Waals surface area contributed by atoms with Crippen molar-refractivity contribution in [2.75, 3.05) is 0 Å². The SMILES string of the molecule is O=C(NCc1csc(-c2ccccc2)n1)c1cn(Cc2ccccc2F)nn1. The summed E-state index contributed by atoms with van der Waals surface area (Å²) in [5, 5.41) is 13.4. The highest BCUT2D eigenvalue weighted by Gasteiger charge is 2.13. The maximum atomic E-state index is 13.7. The van der Waals surface area contributed by atoms with Gasteiger partial charge in [0, 0.05) is 16.5 Å². The first-order chi connectivity index (χ1) is 13.7. The molecular formula is C20H16FN5OS. The molecule has 0 saturated carbocycles. The predicted molar refractivity (Wildman–Crippen MR) is 104 cm³/mol. The minimum absolute atomic E-state index is 0.176. The number of carbonyl (C=O) groups excluding carboxylic acids is 1. The van der Waals surface area contributed by atoms with Crippen LogP contribution >= 0.6 is 11.3 Å². The first kappa shape index (κ1) is 18.0. The second-order valence-electron chi connectivity index (χ2n) is 6.09. The first-order valence-electron chi connectivity index (χ1n) is 8.60. The molecule has 0 aliphatic heterocycles. The monoisotopic (exact) mass is 393 g/mol. The van der Waals surface area contributed by atoms with Crippen LogP contribution in [0.1, 0.15) is 21.7 Å². The highest BCUT2D eigenvalue weighted by atomic mass is 32.1. The molecule has 0 spiro atoms. The van der Waals surface area contributed by atoms with E-state index >= 15 is 0 Å². The summed E-state index contributed by atoms with van der Waals surface area (Å²) >= 11 is 1.53. The van der Waals surface area contributed by atoms with Crippen LogP contribution in [0.3, 0.4) is 0 Å². The van der Waals surface area contributed by atoms with Crippen molar-refractivity contribution in [1.29, 1.82) is 0 Å². The third-order valence-electron chi connectivity index (χ3n) is 4.06. The molecule has 140 valence electrons. The molecule has 0 saturated heterocycles. The van der Waals surface area contributed by atoms with Crippen LogP contribution in [0.2, 0.25) is 0 Å². The third kappa shape index (κ3) is 4.12. The van der Waals surface area contributed by atoms with Crippen LogP contribution in [0.4, 0.5) is 4.39 Å². The fourth-order valence-corrected chi connectivity index (χ4v) is 3.47. The van der Waals surface area contributed by atoms with E-state index in [1.807, 2.05) is 35.7 Å². The number of thiazole rings is 1. The Bertz CT molecular complexity index is 1090. The Balaban J connectivity index is 1.36. The second kappa shape index (κ2) is 8.10. The smallest absolute Gasteiger partial charge is 0.273 e. The average Bonchev–Trinajstić information content (AvgIpc) is 3.38. The Kier molecular flexibility index (Phi) is 5.20. The number of aromatic nitrogens is 4. The predicted octanol–water partition coefficient (Wildman–Crippen LogP) is 3.52. The zero-order valence-corrected chi connectivity index (χ0v) is 15.6. The van der Waals surface area contributed by atoms with Gasteiger partial charge in [0.15, 0.2) is 5.69 Å². The standard InChI is InChI=1S/C20H16FN5OS/c21-17-9-5-4-8-15(17)11-26-12-18(24-25-26)19(27)22-10-16-13-28-20(23-16)14-6-2-1-3-7-14/h1-9,12-13H,10-11H2,(H,22,27). The van der Waals surface area contributed by atoms with E-state index in [1.165, 1.54) is 28.3 Å². The summed E-state index contributed by atoms with van der Waals surface area (Å²) < 4.78 is 15.2. The maximum absolute atomic E-state index is 13.7. The molecular weight excluding hydrogens is 377 g/mol. The van der Waals surface area contributed by atoms with Gasteiger partial charge in [-0.15, -0.1) is 16.4 Å². The highest BCUT2D eigenvalue weighted by Crippen LogP contribution is 2.23. The summed E-state index contributed by atoms with van der Waals surface area (Å²) in [7, 11) is 0. The maximum Gasteiger partial charge on any atom is 0.273 e. The summed E-state index contributed by atoms with van der Waals surface area (Å²) in [6.45, 7) is 0.502. The van der Waals surface area contributed by atoms with E-state index in [1.54, 1.807) is 18.2 Å². The van der Waals surface area contributed by atoms with Crippen molar-refractivity contribution in [3.63, 3.8) is 0 Å². The molecule has 8 heteroatoms. The van der Waals surface area contributed by atoms with Crippen molar-refractivity contribution in [3.05, 3.63) is 88.9 Å². The van der Waals surface area contributed by atoms with E-state index < -0.39 is 0 Å². The van der Waals surface area contributed by atoms with Gasteiger partial charge in [-0.05, 0) is 6.07 Å². The molecule has 2 heterocycles. The lowest BCUT2D eigenvalue weighted by Gasteiger charge is -2.02. The number of hydrogen-bond donors (Lipinski definition) is 1.